The molecule has 0 N–H and O–H groups in total. The van der Waals surface area contributed by atoms with Crippen LogP contribution in [-0.2, 0) is 0 Å². The van der Waals surface area contributed by atoms with E-state index in [0.29, 0.717) is 0 Å². The molecule has 1 aliphatic rings. The van der Waals surface area contributed by atoms with Crippen LogP contribution in [0.1, 0.15) is 23.3 Å². The first-order valence-corrected chi connectivity index (χ1v) is 19.9. The first-order valence-electron chi connectivity index (χ1n) is 18.2. The molecule has 4 aromatic carbocycles. The second-order valence-electron chi connectivity index (χ2n) is 13.0. The van der Waals surface area contributed by atoms with Gasteiger partial charge in [-0.25, -0.2) is 0 Å². The van der Waals surface area contributed by atoms with E-state index in [0.717, 1.165) is 40.3 Å². The van der Waals surface area contributed by atoms with Crippen molar-refractivity contribution < 1.29 is 0 Å². The minimum Gasteiger partial charge on any atom is -0.144 e. The molecule has 7 rings (SSSR count). The lowest BCUT2D eigenvalue weighted by Gasteiger charge is -2.11. The van der Waals surface area contributed by atoms with Gasteiger partial charge in [-0.1, -0.05) is 160 Å². The van der Waals surface area contributed by atoms with Gasteiger partial charge in [-0.05, 0) is 126 Å². The van der Waals surface area contributed by atoms with Gasteiger partial charge in [0, 0.05) is 19.7 Å². The Hall–Kier alpha value is -6.06. The van der Waals surface area contributed by atoms with Crippen molar-refractivity contribution >= 4 is 70.8 Å². The van der Waals surface area contributed by atoms with Crippen molar-refractivity contribution in [3.63, 3.8) is 0 Å². The first kappa shape index (κ1) is 36.3. The van der Waals surface area contributed by atoms with Crippen LogP contribution in [0.5, 0.6) is 0 Å². The van der Waals surface area contributed by atoms with Crippen molar-refractivity contribution in [3.8, 4) is 11.1 Å². The van der Waals surface area contributed by atoms with Gasteiger partial charge in [0.25, 0.3) is 0 Å². The molecule has 54 heavy (non-hydrogen) atoms. The third-order valence-electron chi connectivity index (χ3n) is 9.49. The van der Waals surface area contributed by atoms with Gasteiger partial charge in [-0.3, -0.25) is 0 Å². The summed E-state index contributed by atoms with van der Waals surface area (Å²) in [6.07, 6.45) is 26.6. The lowest BCUT2D eigenvalue weighted by atomic mass is 9.93. The molecule has 2 heterocycles. The summed E-state index contributed by atoms with van der Waals surface area (Å²) in [4.78, 5) is 1.24. The summed E-state index contributed by atoms with van der Waals surface area (Å²) in [6, 6.07) is 38.0. The molecule has 262 valence electrons. The molecule has 0 aliphatic heterocycles. The lowest BCUT2D eigenvalue weighted by Crippen LogP contribution is -2.29. The minimum absolute atomic E-state index is 0.934. The maximum Gasteiger partial charge on any atom is 0.0355 e. The summed E-state index contributed by atoms with van der Waals surface area (Å²) in [5, 5.41) is 9.55. The van der Waals surface area contributed by atoms with Crippen molar-refractivity contribution in [2.75, 3.05) is 0 Å². The molecule has 0 spiro atoms. The Labute approximate surface area is 326 Å². The molecule has 0 nitrogen and oxygen atoms in total. The van der Waals surface area contributed by atoms with Gasteiger partial charge < -0.3 is 0 Å². The Balaban J connectivity index is 1.36. The molecule has 0 radical (unpaired) electrons. The van der Waals surface area contributed by atoms with E-state index in [9.17, 15) is 0 Å². The Morgan fingerprint density at radius 1 is 0.630 bits per heavy atom. The number of rotatable bonds is 9. The van der Waals surface area contributed by atoms with Gasteiger partial charge in [0.05, 0.1) is 0 Å². The predicted octanol–water partition coefficient (Wildman–Crippen LogP) is 13.9. The monoisotopic (exact) mass is 730 g/mol. The van der Waals surface area contributed by atoms with Crippen molar-refractivity contribution in [1.82, 2.24) is 0 Å². The zero-order chi connectivity index (χ0) is 37.3. The topological polar surface area (TPSA) is 0 Å². The van der Waals surface area contributed by atoms with Gasteiger partial charge in [0.2, 0.25) is 0 Å². The molecule has 0 atom stereocenters. The van der Waals surface area contributed by atoms with Crippen molar-refractivity contribution in [2.45, 2.75) is 12.8 Å². The molecule has 0 unspecified atom stereocenters. The highest BCUT2D eigenvalue weighted by Crippen LogP contribution is 2.35. The van der Waals surface area contributed by atoms with Gasteiger partial charge >= 0.3 is 0 Å². The van der Waals surface area contributed by atoms with E-state index in [2.05, 4.69) is 171 Å². The Kier molecular flexibility index (Phi) is 11.5. The molecule has 0 saturated carbocycles. The van der Waals surface area contributed by atoms with Crippen molar-refractivity contribution in [2.24, 2.45) is 0 Å². The summed E-state index contributed by atoms with van der Waals surface area (Å²) in [7, 11) is 0. The fraction of sp³-hybridized carbons (Fsp3) is 0.0385. The largest absolute Gasteiger partial charge is 0.144 e. The Morgan fingerprint density at radius 3 is 2.24 bits per heavy atom. The zero-order valence-electron chi connectivity index (χ0n) is 30.4. The molecule has 2 aromatic heterocycles. The SMILES string of the molecule is C=C/C=C\C(C=C)=C\C(=C)C1=c2cccc/c2=C(c2cccc(-c3cccsc4cc5c(ccc6sc(/C=C\C=C)cc65)cc4cc3)c2)/C=C/CCC=C1. The van der Waals surface area contributed by atoms with Gasteiger partial charge in [0.1, 0.15) is 0 Å². The van der Waals surface area contributed by atoms with Crippen LogP contribution in [0, 0.1) is 0 Å². The molecule has 6 aromatic rings. The third kappa shape index (κ3) is 8.11. The summed E-state index contributed by atoms with van der Waals surface area (Å²) in [6.45, 7) is 16.2. The standard InChI is InChI=1S/C52H42S2/c1-5-8-18-38(7-3)32-37(4)45-23-12-10-11-13-24-46(48-26-15-14-25-47(45)48)41-20-16-19-40(33-41)39-21-17-31-53-52-36-49-42(34-43(52)28-27-39)29-30-51-50(49)35-44(54-51)22-9-6-2/h5-9,12-36H,1-4,10-11H2/b18-8-,22-9-,23-12?,24-13+,28-27?,31-17?,38-32+,39-21?,47-45?,48-46+. The summed E-state index contributed by atoms with van der Waals surface area (Å²) in [5.41, 5.74) is 7.69. The van der Waals surface area contributed by atoms with Crippen LogP contribution < -0.4 is 10.4 Å². The molecule has 1 aliphatic carbocycles. The fourth-order valence-electron chi connectivity index (χ4n) is 6.83. The van der Waals surface area contributed by atoms with E-state index in [4.69, 9.17) is 0 Å². The number of hydrogen-bond donors (Lipinski definition) is 0. The molecule has 0 saturated heterocycles. The van der Waals surface area contributed by atoms with Gasteiger partial charge in [-0.2, -0.15) is 0 Å². The maximum absolute atomic E-state index is 4.53. The smallest absolute Gasteiger partial charge is 0.0355 e. The number of fused-ring (bicyclic) bond motifs is 5. The maximum atomic E-state index is 4.53. The highest BCUT2D eigenvalue weighted by molar-refractivity contribution is 7.20. The first-order chi connectivity index (χ1) is 26.6. The molecular weight excluding hydrogens is 689 g/mol. The van der Waals surface area contributed by atoms with Crippen LogP contribution in [0.2, 0.25) is 0 Å². The van der Waals surface area contributed by atoms with Crippen molar-refractivity contribution in [3.05, 3.63) is 234 Å². The minimum atomic E-state index is 0.934. The normalized spacial score (nSPS) is 15.0. The van der Waals surface area contributed by atoms with Crippen LogP contribution in [-0.4, -0.2) is 0 Å². The quantitative estimate of drug-likeness (QED) is 0.130. The fourth-order valence-corrected chi connectivity index (χ4v) is 8.57. The van der Waals surface area contributed by atoms with E-state index < -0.39 is 0 Å². The summed E-state index contributed by atoms with van der Waals surface area (Å²) < 4.78 is 2.54. The third-order valence-corrected chi connectivity index (χ3v) is 11.5. The van der Waals surface area contributed by atoms with E-state index in [1.54, 1.807) is 17.4 Å². The number of hydrogen-bond acceptors (Lipinski definition) is 2. The molecular formula is C52H42S2. The van der Waals surface area contributed by atoms with Crippen LogP contribution >= 0.6 is 22.7 Å². The van der Waals surface area contributed by atoms with E-state index >= 15 is 0 Å². The summed E-state index contributed by atoms with van der Waals surface area (Å²) in [5.74, 6) is 0. The van der Waals surface area contributed by atoms with E-state index in [-0.39, 0.29) is 0 Å². The average Bonchev–Trinajstić information content (AvgIpc) is 3.66. The van der Waals surface area contributed by atoms with Gasteiger partial charge in [-0.15, -0.1) is 22.7 Å². The lowest BCUT2D eigenvalue weighted by molar-refractivity contribution is 1.05. The van der Waals surface area contributed by atoms with E-state index in [1.807, 2.05) is 41.7 Å². The van der Waals surface area contributed by atoms with Crippen LogP contribution in [0.3, 0.4) is 0 Å². The van der Waals surface area contributed by atoms with Crippen LogP contribution in [0.15, 0.2) is 213 Å². The Bertz CT molecular complexity index is 2780. The highest BCUT2D eigenvalue weighted by Gasteiger charge is 2.09. The molecule has 0 bridgehead atoms. The number of allylic oxidation sites excluding steroid dienone is 13. The number of thiophene rings is 1. The highest BCUT2D eigenvalue weighted by atomic mass is 32.1. The summed E-state index contributed by atoms with van der Waals surface area (Å²) >= 11 is 3.58. The molecule has 0 fully saturated rings. The second-order valence-corrected chi connectivity index (χ2v) is 15.1. The van der Waals surface area contributed by atoms with Gasteiger partial charge in [0.15, 0.2) is 0 Å². The zero-order valence-corrected chi connectivity index (χ0v) is 32.0. The average molecular weight is 731 g/mol. The predicted molar refractivity (Wildman–Crippen MR) is 243 cm³/mol. The van der Waals surface area contributed by atoms with Crippen LogP contribution in [0.4, 0.5) is 0 Å². The van der Waals surface area contributed by atoms with E-state index in [1.165, 1.54) is 57.7 Å². The number of benzene rings is 4. The molecule has 0 amide bonds. The second kappa shape index (κ2) is 17.2. The Morgan fingerprint density at radius 2 is 1.41 bits per heavy atom. The molecule has 2 heteroatoms. The van der Waals surface area contributed by atoms with Crippen LogP contribution in [0.25, 0.3) is 59.3 Å². The van der Waals surface area contributed by atoms with Crippen molar-refractivity contribution in [1.29, 1.82) is 0 Å².